The molecule has 0 bridgehead atoms. The van der Waals surface area contributed by atoms with Gasteiger partial charge in [0.2, 0.25) is 5.60 Å². The van der Waals surface area contributed by atoms with Gasteiger partial charge in [-0.05, 0) is 24.3 Å². The second kappa shape index (κ2) is 6.34. The Bertz CT molecular complexity index is 719. The molecular weight excluding hydrogens is 358 g/mol. The third kappa shape index (κ3) is 4.25. The molecule has 0 radical (unpaired) electrons. The van der Waals surface area contributed by atoms with Crippen LogP contribution in [0.4, 0.5) is 26.3 Å². The van der Waals surface area contributed by atoms with Gasteiger partial charge in [-0.1, -0.05) is 18.2 Å². The van der Waals surface area contributed by atoms with E-state index in [-0.39, 0.29) is 5.57 Å². The first-order valence-electron chi connectivity index (χ1n) is 6.67. The third-order valence-corrected chi connectivity index (χ3v) is 3.25. The van der Waals surface area contributed by atoms with Gasteiger partial charge < -0.3 is 14.6 Å². The van der Waals surface area contributed by atoms with E-state index in [2.05, 4.69) is 4.74 Å². The molecule has 1 N–H and O–H groups in total. The summed E-state index contributed by atoms with van der Waals surface area (Å²) in [4.78, 5) is 10.8. The van der Waals surface area contributed by atoms with Crippen molar-refractivity contribution in [2.75, 3.05) is 0 Å². The SMILES string of the molecule is O=C(O)C1=CCC(Oc2ccccc2OC(F)(F)F)(C(F)(F)F)C=C1. The fraction of sp³-hybridized carbons (Fsp3) is 0.267. The van der Waals surface area contributed by atoms with Crippen molar-refractivity contribution in [3.05, 3.63) is 48.1 Å². The maximum Gasteiger partial charge on any atom is 0.573 e. The number of rotatable bonds is 4. The summed E-state index contributed by atoms with van der Waals surface area (Å²) in [6.07, 6.45) is -9.13. The summed E-state index contributed by atoms with van der Waals surface area (Å²) < 4.78 is 86.0. The van der Waals surface area contributed by atoms with Gasteiger partial charge in [0, 0.05) is 6.42 Å². The van der Waals surface area contributed by atoms with Crippen molar-refractivity contribution >= 4 is 5.97 Å². The zero-order valence-electron chi connectivity index (χ0n) is 12.2. The molecule has 4 nitrogen and oxygen atoms in total. The molecular formula is C15H10F6O4. The van der Waals surface area contributed by atoms with E-state index in [1.54, 1.807) is 0 Å². The Balaban J connectivity index is 2.39. The van der Waals surface area contributed by atoms with Gasteiger partial charge in [-0.3, -0.25) is 0 Å². The number of carboxylic acids is 1. The van der Waals surface area contributed by atoms with Gasteiger partial charge in [-0.25, -0.2) is 4.79 Å². The molecule has 0 heterocycles. The average molecular weight is 368 g/mol. The Labute approximate surface area is 137 Å². The fourth-order valence-corrected chi connectivity index (χ4v) is 2.06. The van der Waals surface area contributed by atoms with Crippen LogP contribution in [0, 0.1) is 0 Å². The van der Waals surface area contributed by atoms with Gasteiger partial charge in [0.25, 0.3) is 0 Å². The highest BCUT2D eigenvalue weighted by molar-refractivity contribution is 5.90. The number of benzene rings is 1. The Morgan fingerprint density at radius 3 is 2.12 bits per heavy atom. The number of carboxylic acid groups (broad SMARTS) is 1. The summed E-state index contributed by atoms with van der Waals surface area (Å²) in [5.74, 6) is -3.16. The molecule has 1 unspecified atom stereocenters. The molecule has 1 atom stereocenters. The van der Waals surface area contributed by atoms with Crippen LogP contribution in [-0.4, -0.2) is 29.2 Å². The van der Waals surface area contributed by atoms with Crippen LogP contribution in [0.1, 0.15) is 6.42 Å². The smallest absolute Gasteiger partial charge is 0.478 e. The van der Waals surface area contributed by atoms with E-state index in [4.69, 9.17) is 9.84 Å². The van der Waals surface area contributed by atoms with Crippen molar-refractivity contribution in [2.45, 2.75) is 24.6 Å². The maximum atomic E-state index is 13.5. The lowest BCUT2D eigenvalue weighted by atomic mass is 9.91. The number of ether oxygens (including phenoxy) is 2. The van der Waals surface area contributed by atoms with Gasteiger partial charge in [0.05, 0.1) is 5.57 Å². The topological polar surface area (TPSA) is 55.8 Å². The van der Waals surface area contributed by atoms with Crippen LogP contribution in [-0.2, 0) is 4.79 Å². The van der Waals surface area contributed by atoms with Crippen LogP contribution in [0.25, 0.3) is 0 Å². The lowest BCUT2D eigenvalue weighted by molar-refractivity contribution is -0.276. The molecule has 0 spiro atoms. The molecule has 1 aliphatic rings. The third-order valence-electron chi connectivity index (χ3n) is 3.25. The zero-order valence-corrected chi connectivity index (χ0v) is 12.2. The summed E-state index contributed by atoms with van der Waals surface area (Å²) in [6.45, 7) is 0. The van der Waals surface area contributed by atoms with Crippen molar-refractivity contribution in [3.63, 3.8) is 0 Å². The monoisotopic (exact) mass is 368 g/mol. The predicted molar refractivity (Wildman–Crippen MR) is 72.0 cm³/mol. The Kier molecular flexibility index (Phi) is 4.74. The van der Waals surface area contributed by atoms with E-state index in [9.17, 15) is 31.1 Å². The standard InChI is InChI=1S/C15H10F6O4/c16-14(17,18)13(7-5-9(6-8-13)12(22)23)24-10-3-1-2-4-11(10)25-15(19,20)21/h1-7H,8H2,(H,22,23). The Morgan fingerprint density at radius 1 is 1.08 bits per heavy atom. The number of alkyl halides is 6. The normalized spacial score (nSPS) is 20.8. The summed E-state index contributed by atoms with van der Waals surface area (Å²) in [6, 6.07) is 4.00. The highest BCUT2D eigenvalue weighted by Gasteiger charge is 2.56. The lowest BCUT2D eigenvalue weighted by Gasteiger charge is -2.35. The van der Waals surface area contributed by atoms with Crippen LogP contribution in [0.3, 0.4) is 0 Å². The van der Waals surface area contributed by atoms with Crippen molar-refractivity contribution in [3.8, 4) is 11.5 Å². The lowest BCUT2D eigenvalue weighted by Crippen LogP contribution is -2.49. The van der Waals surface area contributed by atoms with Crippen molar-refractivity contribution in [2.24, 2.45) is 0 Å². The molecule has 1 aliphatic carbocycles. The van der Waals surface area contributed by atoms with E-state index in [0.29, 0.717) is 12.2 Å². The number of para-hydroxylation sites is 2. The second-order valence-corrected chi connectivity index (χ2v) is 4.99. The minimum atomic E-state index is -5.12. The molecule has 25 heavy (non-hydrogen) atoms. The van der Waals surface area contributed by atoms with Crippen LogP contribution < -0.4 is 9.47 Å². The van der Waals surface area contributed by atoms with Crippen molar-refractivity contribution < 1.29 is 45.7 Å². The number of carbonyl (C=O) groups is 1. The summed E-state index contributed by atoms with van der Waals surface area (Å²) >= 11 is 0. The van der Waals surface area contributed by atoms with Gasteiger partial charge in [0.1, 0.15) is 0 Å². The number of hydrogen-bond acceptors (Lipinski definition) is 3. The van der Waals surface area contributed by atoms with E-state index >= 15 is 0 Å². The van der Waals surface area contributed by atoms with Crippen LogP contribution in [0.5, 0.6) is 11.5 Å². The molecule has 0 fully saturated rings. The molecule has 136 valence electrons. The van der Waals surface area contributed by atoms with E-state index in [1.165, 1.54) is 6.07 Å². The molecule has 2 rings (SSSR count). The van der Waals surface area contributed by atoms with Gasteiger partial charge in [0.15, 0.2) is 11.5 Å². The Morgan fingerprint density at radius 2 is 1.68 bits per heavy atom. The molecule has 0 aromatic heterocycles. The highest BCUT2D eigenvalue weighted by atomic mass is 19.4. The van der Waals surface area contributed by atoms with Gasteiger partial charge in [-0.2, -0.15) is 13.2 Å². The van der Waals surface area contributed by atoms with Crippen molar-refractivity contribution in [1.29, 1.82) is 0 Å². The van der Waals surface area contributed by atoms with Crippen LogP contribution in [0.15, 0.2) is 48.1 Å². The van der Waals surface area contributed by atoms with E-state index in [1.807, 2.05) is 0 Å². The summed E-state index contributed by atoms with van der Waals surface area (Å²) in [5.41, 5.74) is -3.40. The molecule has 0 saturated carbocycles. The summed E-state index contributed by atoms with van der Waals surface area (Å²) in [7, 11) is 0. The molecule has 0 aliphatic heterocycles. The second-order valence-electron chi connectivity index (χ2n) is 4.99. The Hall–Kier alpha value is -2.65. The minimum Gasteiger partial charge on any atom is -0.478 e. The highest BCUT2D eigenvalue weighted by Crippen LogP contribution is 2.44. The fourth-order valence-electron chi connectivity index (χ4n) is 2.06. The first kappa shape index (κ1) is 18.7. The number of aliphatic carboxylic acids is 1. The van der Waals surface area contributed by atoms with Crippen molar-refractivity contribution in [1.82, 2.24) is 0 Å². The molecule has 10 heteroatoms. The predicted octanol–water partition coefficient (Wildman–Crippen LogP) is 4.24. The minimum absolute atomic E-state index is 0.386. The van der Waals surface area contributed by atoms with Crippen LogP contribution in [0.2, 0.25) is 0 Å². The first-order chi connectivity index (χ1) is 11.4. The molecule has 0 amide bonds. The van der Waals surface area contributed by atoms with E-state index in [0.717, 1.165) is 24.3 Å². The van der Waals surface area contributed by atoms with Gasteiger partial charge >= 0.3 is 18.5 Å². The molecule has 1 aromatic carbocycles. The van der Waals surface area contributed by atoms with Crippen LogP contribution >= 0.6 is 0 Å². The zero-order chi connectivity index (χ0) is 18.9. The number of halogens is 6. The number of hydrogen-bond donors (Lipinski definition) is 1. The maximum absolute atomic E-state index is 13.5. The first-order valence-corrected chi connectivity index (χ1v) is 6.67. The average Bonchev–Trinajstić information content (AvgIpc) is 2.47. The van der Waals surface area contributed by atoms with Gasteiger partial charge in [-0.15, -0.1) is 13.2 Å². The summed E-state index contributed by atoms with van der Waals surface area (Å²) in [5, 5.41) is 8.79. The largest absolute Gasteiger partial charge is 0.573 e. The quantitative estimate of drug-likeness (QED) is 0.808. The van der Waals surface area contributed by atoms with E-state index < -0.39 is 42.0 Å². The molecule has 0 saturated heterocycles. The molecule has 1 aromatic rings.